The second-order valence-electron chi connectivity index (χ2n) is 5.91. The van der Waals surface area contributed by atoms with E-state index in [-0.39, 0.29) is 16.8 Å². The van der Waals surface area contributed by atoms with Crippen LogP contribution in [0.3, 0.4) is 0 Å². The zero-order valence-electron chi connectivity index (χ0n) is 15.6. The third kappa shape index (κ3) is 3.99. The van der Waals surface area contributed by atoms with Gasteiger partial charge >= 0.3 is 11.9 Å². The van der Waals surface area contributed by atoms with Crippen LogP contribution in [0.1, 0.15) is 26.3 Å². The molecule has 1 aromatic heterocycles. The molecule has 1 heterocycles. The summed E-state index contributed by atoms with van der Waals surface area (Å²) in [6.07, 6.45) is 0. The minimum Gasteiger partial charge on any atom is -0.465 e. The number of carbonyl (C=O) groups is 2. The largest absolute Gasteiger partial charge is 0.465 e. The van der Waals surface area contributed by atoms with Gasteiger partial charge in [-0.05, 0) is 54.3 Å². The van der Waals surface area contributed by atoms with E-state index >= 15 is 0 Å². The standard InChI is InChI=1S/C19H16ClNO6S2/c1-10-13-9-12(20)5-7-16(13)28-17(10)21(29(24)25)15-6-4-11(18(22)26-2)8-14(15)19(23)27-3/h4-9H,1-3H3,(H,24,25). The van der Waals surface area contributed by atoms with E-state index in [2.05, 4.69) is 4.74 Å². The number of hydrogen-bond donors (Lipinski definition) is 1. The number of anilines is 2. The monoisotopic (exact) mass is 453 g/mol. The first-order valence-electron chi connectivity index (χ1n) is 8.19. The molecule has 0 aliphatic heterocycles. The maximum Gasteiger partial charge on any atom is 0.340 e. The Kier molecular flexibility index (Phi) is 6.23. The highest BCUT2D eigenvalue weighted by molar-refractivity contribution is 7.81. The zero-order chi connectivity index (χ0) is 21.3. The summed E-state index contributed by atoms with van der Waals surface area (Å²) < 4.78 is 33.8. The first-order chi connectivity index (χ1) is 13.8. The Hall–Kier alpha value is -2.46. The molecule has 0 aliphatic rings. The highest BCUT2D eigenvalue weighted by Gasteiger charge is 2.27. The third-order valence-electron chi connectivity index (χ3n) is 4.26. The van der Waals surface area contributed by atoms with Crippen molar-refractivity contribution in [2.75, 3.05) is 18.5 Å². The van der Waals surface area contributed by atoms with Gasteiger partial charge in [0.15, 0.2) is 0 Å². The second-order valence-corrected chi connectivity index (χ2v) is 8.21. The fourth-order valence-corrected chi connectivity index (χ4v) is 5.06. The molecule has 152 valence electrons. The summed E-state index contributed by atoms with van der Waals surface area (Å²) in [5.74, 6) is -1.41. The van der Waals surface area contributed by atoms with Crippen molar-refractivity contribution in [2.45, 2.75) is 6.92 Å². The Morgan fingerprint density at radius 3 is 2.41 bits per heavy atom. The van der Waals surface area contributed by atoms with Crippen molar-refractivity contribution in [1.82, 2.24) is 0 Å². The number of aryl methyl sites for hydroxylation is 1. The van der Waals surface area contributed by atoms with Gasteiger partial charge in [-0.2, -0.15) is 0 Å². The van der Waals surface area contributed by atoms with Gasteiger partial charge in [-0.15, -0.1) is 11.3 Å². The SMILES string of the molecule is COC(=O)c1ccc(N(c2sc3ccc(Cl)cc3c2C)S(=O)O)c(C(=O)OC)c1. The predicted molar refractivity (Wildman–Crippen MR) is 114 cm³/mol. The van der Waals surface area contributed by atoms with Crippen LogP contribution in [0.25, 0.3) is 10.1 Å². The van der Waals surface area contributed by atoms with Gasteiger partial charge in [0.1, 0.15) is 5.00 Å². The van der Waals surface area contributed by atoms with Gasteiger partial charge in [0, 0.05) is 9.72 Å². The van der Waals surface area contributed by atoms with Crippen molar-refractivity contribution < 1.29 is 27.8 Å². The third-order valence-corrected chi connectivity index (χ3v) is 6.56. The topological polar surface area (TPSA) is 93.1 Å². The molecule has 1 N–H and O–H groups in total. The molecule has 0 bridgehead atoms. The van der Waals surface area contributed by atoms with E-state index < -0.39 is 23.2 Å². The van der Waals surface area contributed by atoms with Crippen LogP contribution in [0, 0.1) is 6.92 Å². The number of methoxy groups -OCH3 is 2. The summed E-state index contributed by atoms with van der Waals surface area (Å²) >= 11 is 4.85. The van der Waals surface area contributed by atoms with Gasteiger partial charge in [-0.25, -0.2) is 18.1 Å². The summed E-state index contributed by atoms with van der Waals surface area (Å²) in [4.78, 5) is 24.2. The molecule has 0 radical (unpaired) electrons. The van der Waals surface area contributed by atoms with Gasteiger partial charge in [0.25, 0.3) is 11.3 Å². The van der Waals surface area contributed by atoms with E-state index in [9.17, 15) is 18.4 Å². The van der Waals surface area contributed by atoms with Crippen molar-refractivity contribution in [3.8, 4) is 0 Å². The van der Waals surface area contributed by atoms with Gasteiger partial charge in [-0.3, -0.25) is 4.55 Å². The van der Waals surface area contributed by atoms with E-state index in [1.807, 2.05) is 6.07 Å². The Morgan fingerprint density at radius 1 is 1.10 bits per heavy atom. The lowest BCUT2D eigenvalue weighted by Crippen LogP contribution is -2.22. The number of halogens is 1. The van der Waals surface area contributed by atoms with Gasteiger partial charge in [0.2, 0.25) is 0 Å². The van der Waals surface area contributed by atoms with E-state index in [1.54, 1.807) is 19.1 Å². The number of hydrogen-bond acceptors (Lipinski definition) is 6. The van der Waals surface area contributed by atoms with Crippen molar-refractivity contribution >= 4 is 66.9 Å². The molecule has 0 aliphatic carbocycles. The lowest BCUT2D eigenvalue weighted by Gasteiger charge is -2.22. The van der Waals surface area contributed by atoms with Crippen molar-refractivity contribution in [3.63, 3.8) is 0 Å². The number of carbonyl (C=O) groups excluding carboxylic acids is 2. The van der Waals surface area contributed by atoms with Crippen molar-refractivity contribution in [2.24, 2.45) is 0 Å². The number of thiophene rings is 1. The normalized spacial score (nSPS) is 11.9. The lowest BCUT2D eigenvalue weighted by molar-refractivity contribution is 0.0600. The molecule has 0 amide bonds. The highest BCUT2D eigenvalue weighted by atomic mass is 35.5. The number of rotatable bonds is 5. The van der Waals surface area contributed by atoms with Gasteiger partial charge in [-0.1, -0.05) is 11.6 Å². The van der Waals surface area contributed by atoms with Crippen LogP contribution in [-0.4, -0.2) is 34.9 Å². The first-order valence-corrected chi connectivity index (χ1v) is 10.4. The predicted octanol–water partition coefficient (Wildman–Crippen LogP) is 4.71. The molecule has 3 rings (SSSR count). The zero-order valence-corrected chi connectivity index (χ0v) is 18.0. The molecule has 0 fully saturated rings. The summed E-state index contributed by atoms with van der Waals surface area (Å²) in [6.45, 7) is 1.80. The minimum atomic E-state index is -2.51. The average Bonchev–Trinajstić information content (AvgIpc) is 3.02. The molecule has 0 saturated heterocycles. The smallest absolute Gasteiger partial charge is 0.340 e. The van der Waals surface area contributed by atoms with Crippen LogP contribution in [0.5, 0.6) is 0 Å². The summed E-state index contributed by atoms with van der Waals surface area (Å²) in [5.41, 5.74) is 0.904. The summed E-state index contributed by atoms with van der Waals surface area (Å²) in [5, 5.41) is 1.83. The Balaban J connectivity index is 2.25. The molecular formula is C19H16ClNO6S2. The molecule has 2 aromatic carbocycles. The van der Waals surface area contributed by atoms with E-state index in [0.717, 1.165) is 20.0 Å². The van der Waals surface area contributed by atoms with Crippen LogP contribution in [-0.2, 0) is 20.7 Å². The van der Waals surface area contributed by atoms with E-state index in [1.165, 1.54) is 43.8 Å². The molecule has 0 saturated carbocycles. The van der Waals surface area contributed by atoms with Crippen molar-refractivity contribution in [3.05, 3.63) is 58.1 Å². The molecular weight excluding hydrogens is 438 g/mol. The molecule has 0 spiro atoms. The molecule has 29 heavy (non-hydrogen) atoms. The molecule has 1 atom stereocenters. The quantitative estimate of drug-likeness (QED) is 0.444. The average molecular weight is 454 g/mol. The Labute approximate surface area is 178 Å². The Bertz CT molecular complexity index is 1140. The first kappa shape index (κ1) is 21.3. The van der Waals surface area contributed by atoms with Crippen LogP contribution in [0.4, 0.5) is 10.7 Å². The van der Waals surface area contributed by atoms with Crippen molar-refractivity contribution in [1.29, 1.82) is 0 Å². The highest BCUT2D eigenvalue weighted by Crippen LogP contribution is 2.43. The number of ether oxygens (including phenoxy) is 2. The fourth-order valence-electron chi connectivity index (χ4n) is 2.87. The van der Waals surface area contributed by atoms with Crippen LogP contribution in [0.15, 0.2) is 36.4 Å². The van der Waals surface area contributed by atoms with E-state index in [4.69, 9.17) is 16.3 Å². The molecule has 3 aromatic rings. The summed E-state index contributed by atoms with van der Waals surface area (Å²) in [7, 11) is 2.40. The second kappa shape index (κ2) is 8.50. The molecule has 10 heteroatoms. The number of nitrogens with zero attached hydrogens (tertiary/aromatic N) is 1. The maximum absolute atomic E-state index is 12.4. The number of esters is 2. The maximum atomic E-state index is 12.4. The minimum absolute atomic E-state index is 0.0484. The van der Waals surface area contributed by atoms with Crippen LogP contribution >= 0.6 is 22.9 Å². The number of benzene rings is 2. The fraction of sp³-hybridized carbons (Fsp3) is 0.158. The summed E-state index contributed by atoms with van der Waals surface area (Å²) in [6, 6.07) is 9.41. The Morgan fingerprint density at radius 2 is 1.79 bits per heavy atom. The lowest BCUT2D eigenvalue weighted by atomic mass is 10.1. The van der Waals surface area contributed by atoms with Crippen LogP contribution in [0.2, 0.25) is 5.02 Å². The van der Waals surface area contributed by atoms with Crippen LogP contribution < -0.4 is 4.31 Å². The molecule has 1 unspecified atom stereocenters. The van der Waals surface area contributed by atoms with E-state index in [0.29, 0.717) is 10.0 Å². The van der Waals surface area contributed by atoms with Gasteiger partial charge in [0.05, 0.1) is 31.0 Å². The molecule has 7 nitrogen and oxygen atoms in total. The van der Waals surface area contributed by atoms with Gasteiger partial charge < -0.3 is 9.47 Å². The number of fused-ring (bicyclic) bond motifs is 1.